The Hall–Kier alpha value is -2.10. The Kier molecular flexibility index (Phi) is 3.23. The maximum atomic E-state index is 11.3. The highest BCUT2D eigenvalue weighted by Crippen LogP contribution is 2.17. The van der Waals surface area contributed by atoms with Gasteiger partial charge in [0.15, 0.2) is 0 Å². The second-order valence-corrected chi connectivity index (χ2v) is 3.68. The molecule has 0 saturated heterocycles. The van der Waals surface area contributed by atoms with Gasteiger partial charge in [0, 0.05) is 18.2 Å². The third kappa shape index (κ3) is 2.53. The monoisotopic (exact) mass is 231 g/mol. The van der Waals surface area contributed by atoms with Crippen LogP contribution in [0.4, 0.5) is 0 Å². The minimum Gasteiger partial charge on any atom is -0.463 e. The second kappa shape index (κ2) is 4.82. The van der Waals surface area contributed by atoms with Crippen molar-refractivity contribution in [3.8, 4) is 0 Å². The molecule has 0 fully saturated rings. The van der Waals surface area contributed by atoms with Gasteiger partial charge in [-0.2, -0.15) is 0 Å². The van der Waals surface area contributed by atoms with Crippen molar-refractivity contribution in [2.75, 3.05) is 6.61 Å². The second-order valence-electron chi connectivity index (χ2n) is 3.68. The van der Waals surface area contributed by atoms with Crippen molar-refractivity contribution >= 4 is 18.0 Å². The van der Waals surface area contributed by atoms with Gasteiger partial charge in [0.1, 0.15) is 0 Å². The van der Waals surface area contributed by atoms with Crippen molar-refractivity contribution < 1.29 is 14.3 Å². The molecule has 4 nitrogen and oxygen atoms in total. The average molecular weight is 231 g/mol. The zero-order valence-corrected chi connectivity index (χ0v) is 9.53. The van der Waals surface area contributed by atoms with Crippen LogP contribution in [-0.2, 0) is 16.1 Å². The summed E-state index contributed by atoms with van der Waals surface area (Å²) in [5, 5.41) is 2.74. The smallest absolute Gasteiger partial charge is 0.330 e. The number of carbonyl (C=O) groups is 2. The lowest BCUT2D eigenvalue weighted by Gasteiger charge is -1.98. The molecule has 0 aliphatic carbocycles. The fourth-order valence-corrected chi connectivity index (χ4v) is 1.71. The number of ether oxygens (including phenoxy) is 1. The third-order valence-electron chi connectivity index (χ3n) is 2.51. The van der Waals surface area contributed by atoms with E-state index in [1.165, 1.54) is 6.08 Å². The van der Waals surface area contributed by atoms with Crippen molar-refractivity contribution in [2.24, 2.45) is 0 Å². The average Bonchev–Trinajstić information content (AvgIpc) is 2.69. The molecule has 1 N–H and O–H groups in total. The summed E-state index contributed by atoms with van der Waals surface area (Å²) in [4.78, 5) is 22.5. The molecule has 0 unspecified atom stereocenters. The molecule has 17 heavy (non-hydrogen) atoms. The number of fused-ring (bicyclic) bond motifs is 1. The summed E-state index contributed by atoms with van der Waals surface area (Å²) in [6.45, 7) is 2.68. The van der Waals surface area contributed by atoms with E-state index >= 15 is 0 Å². The fourth-order valence-electron chi connectivity index (χ4n) is 1.71. The SMILES string of the molecule is CCOC(=O)C=Cc1ccc2c(c1)CNC2=O. The normalized spacial score (nSPS) is 13.6. The van der Waals surface area contributed by atoms with Gasteiger partial charge in [0.05, 0.1) is 6.61 Å². The molecule has 2 rings (SSSR count). The summed E-state index contributed by atoms with van der Waals surface area (Å²) in [5.41, 5.74) is 2.55. The Morgan fingerprint density at radius 1 is 1.53 bits per heavy atom. The van der Waals surface area contributed by atoms with E-state index in [1.807, 2.05) is 6.07 Å². The Balaban J connectivity index is 2.14. The van der Waals surface area contributed by atoms with E-state index in [0.717, 1.165) is 11.1 Å². The number of hydrogen-bond acceptors (Lipinski definition) is 3. The van der Waals surface area contributed by atoms with Crippen molar-refractivity contribution in [1.82, 2.24) is 5.32 Å². The fraction of sp³-hybridized carbons (Fsp3) is 0.231. The van der Waals surface area contributed by atoms with Crippen LogP contribution in [-0.4, -0.2) is 18.5 Å². The van der Waals surface area contributed by atoms with Crippen molar-refractivity contribution in [2.45, 2.75) is 13.5 Å². The van der Waals surface area contributed by atoms with E-state index in [1.54, 1.807) is 25.1 Å². The van der Waals surface area contributed by atoms with Crippen LogP contribution in [0.3, 0.4) is 0 Å². The minimum atomic E-state index is -0.359. The largest absolute Gasteiger partial charge is 0.463 e. The summed E-state index contributed by atoms with van der Waals surface area (Å²) in [6, 6.07) is 5.46. The number of carbonyl (C=O) groups excluding carboxylic acids is 2. The van der Waals surface area contributed by atoms with Crippen LogP contribution in [0.15, 0.2) is 24.3 Å². The van der Waals surface area contributed by atoms with Gasteiger partial charge in [-0.15, -0.1) is 0 Å². The molecule has 1 aromatic rings. The first-order chi connectivity index (χ1) is 8.20. The lowest BCUT2D eigenvalue weighted by molar-refractivity contribution is -0.137. The molecule has 4 heteroatoms. The van der Waals surface area contributed by atoms with Gasteiger partial charge in [-0.1, -0.05) is 6.07 Å². The van der Waals surface area contributed by atoms with Crippen LogP contribution in [0.5, 0.6) is 0 Å². The van der Waals surface area contributed by atoms with E-state index in [9.17, 15) is 9.59 Å². The molecule has 1 heterocycles. The number of rotatable bonds is 3. The van der Waals surface area contributed by atoms with Crippen LogP contribution >= 0.6 is 0 Å². The molecule has 0 bridgehead atoms. The summed E-state index contributed by atoms with van der Waals surface area (Å²) >= 11 is 0. The Labute approximate surface area is 99.3 Å². The van der Waals surface area contributed by atoms with Gasteiger partial charge in [-0.05, 0) is 36.3 Å². The molecule has 0 atom stereocenters. The van der Waals surface area contributed by atoms with E-state index in [4.69, 9.17) is 4.74 Å². The summed E-state index contributed by atoms with van der Waals surface area (Å²) in [7, 11) is 0. The van der Waals surface area contributed by atoms with Crippen LogP contribution in [0.1, 0.15) is 28.4 Å². The molecular formula is C13H13NO3. The van der Waals surface area contributed by atoms with Crippen molar-refractivity contribution in [1.29, 1.82) is 0 Å². The first kappa shape index (κ1) is 11.4. The molecule has 1 amide bonds. The van der Waals surface area contributed by atoms with Crippen LogP contribution < -0.4 is 5.32 Å². The van der Waals surface area contributed by atoms with Crippen molar-refractivity contribution in [3.05, 3.63) is 41.0 Å². The van der Waals surface area contributed by atoms with E-state index < -0.39 is 0 Å². The van der Waals surface area contributed by atoms with Gasteiger partial charge in [0.25, 0.3) is 5.91 Å². The highest BCUT2D eigenvalue weighted by atomic mass is 16.5. The first-order valence-electron chi connectivity index (χ1n) is 5.46. The van der Waals surface area contributed by atoms with E-state index in [2.05, 4.69) is 5.32 Å². The molecular weight excluding hydrogens is 218 g/mol. The number of benzene rings is 1. The first-order valence-corrected chi connectivity index (χ1v) is 5.46. The van der Waals surface area contributed by atoms with Gasteiger partial charge in [-0.25, -0.2) is 4.79 Å². The molecule has 1 aliphatic heterocycles. The number of hydrogen-bond donors (Lipinski definition) is 1. The number of nitrogens with one attached hydrogen (secondary N) is 1. The Morgan fingerprint density at radius 2 is 2.35 bits per heavy atom. The Morgan fingerprint density at radius 3 is 3.12 bits per heavy atom. The summed E-state index contributed by atoms with van der Waals surface area (Å²) in [6.07, 6.45) is 3.07. The molecule has 0 spiro atoms. The molecule has 1 aliphatic rings. The van der Waals surface area contributed by atoms with E-state index in [0.29, 0.717) is 18.7 Å². The van der Waals surface area contributed by atoms with Gasteiger partial charge < -0.3 is 10.1 Å². The van der Waals surface area contributed by atoms with Crippen LogP contribution in [0.2, 0.25) is 0 Å². The number of amides is 1. The minimum absolute atomic E-state index is 0.0408. The summed E-state index contributed by atoms with van der Waals surface area (Å²) < 4.78 is 4.78. The summed E-state index contributed by atoms with van der Waals surface area (Å²) in [5.74, 6) is -0.400. The van der Waals surface area contributed by atoms with Crippen molar-refractivity contribution in [3.63, 3.8) is 0 Å². The van der Waals surface area contributed by atoms with Crippen LogP contribution in [0, 0.1) is 0 Å². The zero-order chi connectivity index (χ0) is 12.3. The van der Waals surface area contributed by atoms with Crippen LogP contribution in [0.25, 0.3) is 6.08 Å². The molecule has 0 radical (unpaired) electrons. The van der Waals surface area contributed by atoms with E-state index in [-0.39, 0.29) is 11.9 Å². The molecule has 88 valence electrons. The predicted molar refractivity (Wildman–Crippen MR) is 63.3 cm³/mol. The predicted octanol–water partition coefficient (Wildman–Crippen LogP) is 1.51. The van der Waals surface area contributed by atoms with Gasteiger partial charge in [-0.3, -0.25) is 4.79 Å². The third-order valence-corrected chi connectivity index (χ3v) is 2.51. The Bertz CT molecular complexity index is 491. The maximum Gasteiger partial charge on any atom is 0.330 e. The number of esters is 1. The zero-order valence-electron chi connectivity index (χ0n) is 9.53. The quantitative estimate of drug-likeness (QED) is 0.633. The molecule has 1 aromatic carbocycles. The topological polar surface area (TPSA) is 55.4 Å². The molecule has 0 saturated carbocycles. The highest BCUT2D eigenvalue weighted by Gasteiger charge is 2.17. The highest BCUT2D eigenvalue weighted by molar-refractivity contribution is 5.98. The lowest BCUT2D eigenvalue weighted by atomic mass is 10.1. The molecule has 0 aromatic heterocycles. The maximum absolute atomic E-state index is 11.3. The standard InChI is InChI=1S/C13H13NO3/c1-2-17-12(15)6-4-9-3-5-11-10(7-9)8-14-13(11)16/h3-7H,2,8H2,1H3,(H,14,16). The lowest BCUT2D eigenvalue weighted by Crippen LogP contribution is -2.12. The van der Waals surface area contributed by atoms with Gasteiger partial charge >= 0.3 is 5.97 Å². The van der Waals surface area contributed by atoms with Gasteiger partial charge in [0.2, 0.25) is 0 Å².